The maximum absolute atomic E-state index is 10.5. The van der Waals surface area contributed by atoms with Crippen LogP contribution in [0.25, 0.3) is 0 Å². The van der Waals surface area contributed by atoms with E-state index in [9.17, 15) is 5.11 Å². The van der Waals surface area contributed by atoms with Gasteiger partial charge in [-0.25, -0.2) is 0 Å². The highest BCUT2D eigenvalue weighted by molar-refractivity contribution is 5.14. The van der Waals surface area contributed by atoms with E-state index >= 15 is 0 Å². The van der Waals surface area contributed by atoms with Crippen molar-refractivity contribution in [1.82, 2.24) is 5.32 Å². The highest BCUT2D eigenvalue weighted by atomic mass is 16.3. The molecular weight excluding hydrogens is 258 g/mol. The lowest BCUT2D eigenvalue weighted by Crippen LogP contribution is -2.61. The van der Waals surface area contributed by atoms with Gasteiger partial charge in [-0.3, -0.25) is 0 Å². The second-order valence-corrected chi connectivity index (χ2v) is 6.40. The lowest BCUT2D eigenvalue weighted by Gasteiger charge is -2.51. The van der Waals surface area contributed by atoms with Gasteiger partial charge >= 0.3 is 0 Å². The lowest BCUT2D eigenvalue weighted by atomic mass is 9.66. The van der Waals surface area contributed by atoms with Crippen LogP contribution in [-0.4, -0.2) is 22.8 Å². The Kier molecular flexibility index (Phi) is 6.01. The summed E-state index contributed by atoms with van der Waals surface area (Å²) in [4.78, 5) is 0. The number of aliphatic hydroxyl groups excluding tert-OH is 1. The Morgan fingerprint density at radius 3 is 2.52 bits per heavy atom. The number of piperidine rings is 1. The summed E-state index contributed by atoms with van der Waals surface area (Å²) in [5, 5.41) is 14.3. The molecule has 2 heteroatoms. The molecule has 0 aromatic heterocycles. The van der Waals surface area contributed by atoms with E-state index in [1.807, 2.05) is 24.3 Å². The zero-order valence-corrected chi connectivity index (χ0v) is 13.0. The number of hydrogen-bond donors (Lipinski definition) is 2. The Morgan fingerprint density at radius 1 is 1.10 bits per heavy atom. The van der Waals surface area contributed by atoms with E-state index in [4.69, 9.17) is 0 Å². The fourth-order valence-electron chi connectivity index (χ4n) is 4.04. The molecule has 0 aromatic rings. The predicted octanol–water partition coefficient (Wildman–Crippen LogP) is 3.90. The van der Waals surface area contributed by atoms with Crippen LogP contribution in [0.15, 0.2) is 49.6 Å². The summed E-state index contributed by atoms with van der Waals surface area (Å²) in [5.41, 5.74) is 0.0715. The molecule has 1 aliphatic carbocycles. The third kappa shape index (κ3) is 3.96. The van der Waals surface area contributed by atoms with E-state index in [1.165, 1.54) is 12.8 Å². The zero-order valence-electron chi connectivity index (χ0n) is 13.0. The molecule has 0 radical (unpaired) electrons. The van der Waals surface area contributed by atoms with Crippen LogP contribution < -0.4 is 5.32 Å². The van der Waals surface area contributed by atoms with Gasteiger partial charge in [0.2, 0.25) is 0 Å². The molecule has 0 unspecified atom stereocenters. The SMILES string of the molecule is C=C/C=C\C[C@@H]1CCC[C@]2(CCC[C@H](O)[C@H]2/C=C\C=C)N1. The Morgan fingerprint density at radius 2 is 1.81 bits per heavy atom. The molecule has 0 amide bonds. The molecule has 116 valence electrons. The highest BCUT2D eigenvalue weighted by Crippen LogP contribution is 2.41. The minimum absolute atomic E-state index is 0.0715. The second-order valence-electron chi connectivity index (χ2n) is 6.40. The topological polar surface area (TPSA) is 32.3 Å². The molecule has 2 aliphatic rings. The molecule has 1 saturated heterocycles. The monoisotopic (exact) mass is 287 g/mol. The van der Waals surface area contributed by atoms with Crippen LogP contribution in [0.3, 0.4) is 0 Å². The van der Waals surface area contributed by atoms with Gasteiger partial charge in [0.1, 0.15) is 0 Å². The van der Waals surface area contributed by atoms with Crippen molar-refractivity contribution in [2.45, 2.75) is 62.6 Å². The minimum Gasteiger partial charge on any atom is -0.392 e. The first-order chi connectivity index (χ1) is 10.2. The maximum Gasteiger partial charge on any atom is 0.0620 e. The van der Waals surface area contributed by atoms with E-state index in [0.29, 0.717) is 6.04 Å². The van der Waals surface area contributed by atoms with Gasteiger partial charge in [-0.05, 0) is 38.5 Å². The van der Waals surface area contributed by atoms with Crippen molar-refractivity contribution in [3.8, 4) is 0 Å². The molecule has 0 bridgehead atoms. The van der Waals surface area contributed by atoms with Crippen molar-refractivity contribution >= 4 is 0 Å². The van der Waals surface area contributed by atoms with Crippen LogP contribution in [0.5, 0.6) is 0 Å². The summed E-state index contributed by atoms with van der Waals surface area (Å²) in [6, 6.07) is 0.514. The van der Waals surface area contributed by atoms with Crippen LogP contribution in [0.4, 0.5) is 0 Å². The molecule has 1 saturated carbocycles. The summed E-state index contributed by atoms with van der Waals surface area (Å²) >= 11 is 0. The van der Waals surface area contributed by atoms with Crippen LogP contribution in [0.1, 0.15) is 44.9 Å². The van der Waals surface area contributed by atoms with Crippen LogP contribution in [-0.2, 0) is 0 Å². The van der Waals surface area contributed by atoms with Gasteiger partial charge in [0, 0.05) is 17.5 Å². The largest absolute Gasteiger partial charge is 0.392 e. The standard InChI is InChI=1S/C19H29NO/c1-3-5-7-10-16-11-8-14-19(20-16)15-9-13-18(21)17(19)12-6-4-2/h3-7,12,16-18,20-21H,1-2,8-11,13-15H2/b7-5-,12-6-/t16-,17-,18+,19-/m1/s1. The molecule has 1 heterocycles. The third-order valence-corrected chi connectivity index (χ3v) is 4.99. The molecular formula is C19H29NO. The number of nitrogens with one attached hydrogen (secondary N) is 1. The van der Waals surface area contributed by atoms with Crippen molar-refractivity contribution in [3.63, 3.8) is 0 Å². The molecule has 0 aromatic carbocycles. The average Bonchev–Trinajstić information content (AvgIpc) is 2.47. The van der Waals surface area contributed by atoms with Crippen molar-refractivity contribution in [1.29, 1.82) is 0 Å². The number of aliphatic hydroxyl groups is 1. The Labute approximate surface area is 129 Å². The van der Waals surface area contributed by atoms with E-state index < -0.39 is 0 Å². The molecule has 4 atom stereocenters. The molecule has 2 N–H and O–H groups in total. The van der Waals surface area contributed by atoms with E-state index in [-0.39, 0.29) is 17.6 Å². The van der Waals surface area contributed by atoms with Crippen molar-refractivity contribution in [2.75, 3.05) is 0 Å². The predicted molar refractivity (Wildman–Crippen MR) is 90.1 cm³/mol. The van der Waals surface area contributed by atoms with Gasteiger partial charge in [-0.15, -0.1) is 0 Å². The van der Waals surface area contributed by atoms with E-state index in [0.717, 1.165) is 32.1 Å². The fourth-order valence-corrected chi connectivity index (χ4v) is 4.04. The summed E-state index contributed by atoms with van der Waals surface area (Å²) in [5.74, 6) is 0.204. The molecule has 2 fully saturated rings. The normalized spacial score (nSPS) is 37.3. The summed E-state index contributed by atoms with van der Waals surface area (Å²) in [6.07, 6.45) is 19.6. The number of rotatable bonds is 5. The van der Waals surface area contributed by atoms with Crippen molar-refractivity contribution in [3.05, 3.63) is 49.6 Å². The van der Waals surface area contributed by atoms with Crippen LogP contribution >= 0.6 is 0 Å². The lowest BCUT2D eigenvalue weighted by molar-refractivity contribution is 0.00392. The Bertz CT molecular complexity index is 408. The highest BCUT2D eigenvalue weighted by Gasteiger charge is 2.45. The molecule has 2 rings (SSSR count). The first-order valence-corrected chi connectivity index (χ1v) is 8.24. The number of hydrogen-bond acceptors (Lipinski definition) is 2. The molecule has 1 aliphatic heterocycles. The molecule has 21 heavy (non-hydrogen) atoms. The van der Waals surface area contributed by atoms with Gasteiger partial charge in [0.05, 0.1) is 6.10 Å². The van der Waals surface area contributed by atoms with Gasteiger partial charge in [-0.1, -0.05) is 56.0 Å². The first-order valence-electron chi connectivity index (χ1n) is 8.24. The molecule has 1 spiro atoms. The van der Waals surface area contributed by atoms with Gasteiger partial charge in [0.25, 0.3) is 0 Å². The Hall–Kier alpha value is -1.12. The Balaban J connectivity index is 2.12. The van der Waals surface area contributed by atoms with E-state index in [2.05, 4.69) is 30.6 Å². The maximum atomic E-state index is 10.5. The van der Waals surface area contributed by atoms with Gasteiger partial charge < -0.3 is 10.4 Å². The third-order valence-electron chi connectivity index (χ3n) is 4.99. The molecule has 2 nitrogen and oxygen atoms in total. The fraction of sp³-hybridized carbons (Fsp3) is 0.579. The van der Waals surface area contributed by atoms with Gasteiger partial charge in [-0.2, -0.15) is 0 Å². The average molecular weight is 287 g/mol. The van der Waals surface area contributed by atoms with Crippen LogP contribution in [0, 0.1) is 5.92 Å². The summed E-state index contributed by atoms with van der Waals surface area (Å²) in [6.45, 7) is 7.48. The minimum atomic E-state index is -0.232. The summed E-state index contributed by atoms with van der Waals surface area (Å²) < 4.78 is 0. The summed E-state index contributed by atoms with van der Waals surface area (Å²) in [7, 11) is 0. The van der Waals surface area contributed by atoms with Crippen molar-refractivity contribution in [2.24, 2.45) is 5.92 Å². The first kappa shape index (κ1) is 16.3. The zero-order chi connectivity index (χ0) is 15.1. The number of allylic oxidation sites excluding steroid dienone is 4. The second kappa shape index (κ2) is 7.77. The van der Waals surface area contributed by atoms with Gasteiger partial charge in [0.15, 0.2) is 0 Å². The van der Waals surface area contributed by atoms with E-state index in [1.54, 1.807) is 0 Å². The quantitative estimate of drug-likeness (QED) is 0.752. The van der Waals surface area contributed by atoms with Crippen LogP contribution in [0.2, 0.25) is 0 Å². The smallest absolute Gasteiger partial charge is 0.0620 e. The van der Waals surface area contributed by atoms with Crippen molar-refractivity contribution < 1.29 is 5.11 Å².